The van der Waals surface area contributed by atoms with Gasteiger partial charge in [0.2, 0.25) is 0 Å². The van der Waals surface area contributed by atoms with Crippen LogP contribution in [0.15, 0.2) is 52.9 Å². The molecule has 0 radical (unpaired) electrons. The highest BCUT2D eigenvalue weighted by Crippen LogP contribution is 2.32. The molecule has 0 aliphatic rings. The van der Waals surface area contributed by atoms with Crippen molar-refractivity contribution in [1.29, 1.82) is 0 Å². The van der Waals surface area contributed by atoms with Crippen LogP contribution >= 0.6 is 15.9 Å². The molecule has 1 aromatic heterocycles. The first-order chi connectivity index (χ1) is 9.63. The predicted molar refractivity (Wildman–Crippen MR) is 87.5 cm³/mol. The first kappa shape index (κ1) is 13.4. The molecule has 2 heteroatoms. The Balaban J connectivity index is 1.89. The van der Waals surface area contributed by atoms with Crippen LogP contribution in [-0.4, -0.2) is 0 Å². The van der Waals surface area contributed by atoms with Gasteiger partial charge in [0.1, 0.15) is 11.3 Å². The largest absolute Gasteiger partial charge is 0.460 e. The molecule has 0 spiro atoms. The maximum atomic E-state index is 5.95. The summed E-state index contributed by atoms with van der Waals surface area (Å²) in [6, 6.07) is 16.9. The second kappa shape index (κ2) is 5.45. The number of hydrogen-bond acceptors (Lipinski definition) is 1. The Morgan fingerprint density at radius 1 is 1.05 bits per heavy atom. The molecule has 1 nitrogen and oxygen atoms in total. The predicted octanol–water partition coefficient (Wildman–Crippen LogP) is 5.73. The fraction of sp³-hybridized carbons (Fsp3) is 0.222. The second-order valence-corrected chi connectivity index (χ2v) is 6.39. The summed E-state index contributed by atoms with van der Waals surface area (Å²) >= 11 is 3.76. The molecule has 0 N–H and O–H groups in total. The van der Waals surface area contributed by atoms with Gasteiger partial charge in [0.25, 0.3) is 0 Å². The van der Waals surface area contributed by atoms with Crippen molar-refractivity contribution >= 4 is 26.9 Å². The number of aryl methyl sites for hydroxylation is 2. The molecular formula is C18H17BrO. The Labute approximate surface area is 127 Å². The molecule has 3 aromatic rings. The molecule has 3 rings (SSSR count). The highest BCUT2D eigenvalue weighted by Gasteiger charge is 2.14. The molecule has 0 bridgehead atoms. The highest BCUT2D eigenvalue weighted by molar-refractivity contribution is 9.09. The summed E-state index contributed by atoms with van der Waals surface area (Å²) in [6.07, 6.45) is 0.936. The third kappa shape index (κ3) is 2.66. The van der Waals surface area contributed by atoms with Gasteiger partial charge in [-0.3, -0.25) is 0 Å². The van der Waals surface area contributed by atoms with E-state index in [0.717, 1.165) is 17.8 Å². The van der Waals surface area contributed by atoms with Crippen LogP contribution < -0.4 is 0 Å². The minimum absolute atomic E-state index is 0.205. The van der Waals surface area contributed by atoms with E-state index in [1.54, 1.807) is 0 Å². The molecule has 0 aliphatic heterocycles. The number of rotatable bonds is 3. The monoisotopic (exact) mass is 328 g/mol. The Morgan fingerprint density at radius 3 is 2.65 bits per heavy atom. The van der Waals surface area contributed by atoms with Gasteiger partial charge in [-0.05, 0) is 49.6 Å². The van der Waals surface area contributed by atoms with Crippen LogP contribution in [0.1, 0.15) is 27.3 Å². The second-order valence-electron chi connectivity index (χ2n) is 5.29. The third-order valence-electron chi connectivity index (χ3n) is 3.66. The van der Waals surface area contributed by atoms with Crippen molar-refractivity contribution in [3.05, 3.63) is 71.0 Å². The van der Waals surface area contributed by atoms with Gasteiger partial charge in [0.15, 0.2) is 0 Å². The standard InChI is InChI=1S/C18H17BrO/c1-12-7-8-17-15(9-12)11-18(20-17)16(19)10-14-6-4-3-5-13(14)2/h3-9,11,16H,10H2,1-2H3. The molecule has 2 aromatic carbocycles. The van der Waals surface area contributed by atoms with Gasteiger partial charge in [-0.15, -0.1) is 0 Å². The summed E-state index contributed by atoms with van der Waals surface area (Å²) in [7, 11) is 0. The molecule has 0 amide bonds. The number of hydrogen-bond donors (Lipinski definition) is 0. The Hall–Kier alpha value is -1.54. The van der Waals surface area contributed by atoms with Crippen molar-refractivity contribution in [3.63, 3.8) is 0 Å². The summed E-state index contributed by atoms with van der Waals surface area (Å²) in [5, 5.41) is 1.18. The van der Waals surface area contributed by atoms with Crippen molar-refractivity contribution in [2.24, 2.45) is 0 Å². The van der Waals surface area contributed by atoms with Gasteiger partial charge in [0.05, 0.1) is 4.83 Å². The molecule has 1 atom stereocenters. The van der Waals surface area contributed by atoms with E-state index in [4.69, 9.17) is 4.42 Å². The topological polar surface area (TPSA) is 13.1 Å². The first-order valence-corrected chi connectivity index (χ1v) is 7.74. The van der Waals surface area contributed by atoms with Gasteiger partial charge >= 0.3 is 0 Å². The summed E-state index contributed by atoms with van der Waals surface area (Å²) in [5.41, 5.74) is 4.89. The number of alkyl halides is 1. The molecule has 0 saturated heterocycles. The molecule has 0 fully saturated rings. The lowest BCUT2D eigenvalue weighted by Crippen LogP contribution is -1.95. The first-order valence-electron chi connectivity index (χ1n) is 6.82. The molecule has 0 aliphatic carbocycles. The van der Waals surface area contributed by atoms with Crippen LogP contribution in [0, 0.1) is 13.8 Å². The minimum atomic E-state index is 0.205. The van der Waals surface area contributed by atoms with Gasteiger partial charge in [0, 0.05) is 5.39 Å². The average molecular weight is 329 g/mol. The van der Waals surface area contributed by atoms with Crippen molar-refractivity contribution in [1.82, 2.24) is 0 Å². The van der Waals surface area contributed by atoms with E-state index in [9.17, 15) is 0 Å². The maximum Gasteiger partial charge on any atom is 0.134 e. The Bertz CT molecular complexity index is 742. The molecule has 1 unspecified atom stereocenters. The third-order valence-corrected chi connectivity index (χ3v) is 4.43. The molecule has 1 heterocycles. The van der Waals surface area contributed by atoms with Crippen LogP contribution in [0.2, 0.25) is 0 Å². The SMILES string of the molecule is Cc1ccc2oc(C(Br)Cc3ccccc3C)cc2c1. The molecule has 20 heavy (non-hydrogen) atoms. The fourth-order valence-corrected chi connectivity index (χ4v) is 3.04. The van der Waals surface area contributed by atoms with E-state index in [1.165, 1.54) is 22.1 Å². The van der Waals surface area contributed by atoms with E-state index in [1.807, 2.05) is 6.07 Å². The lowest BCUT2D eigenvalue weighted by atomic mass is 10.0. The number of furan rings is 1. The van der Waals surface area contributed by atoms with Gasteiger partial charge in [-0.25, -0.2) is 0 Å². The number of halogens is 1. The number of fused-ring (bicyclic) bond motifs is 1. The summed E-state index contributed by atoms with van der Waals surface area (Å²) in [6.45, 7) is 4.25. The van der Waals surface area contributed by atoms with E-state index in [-0.39, 0.29) is 4.83 Å². The quantitative estimate of drug-likeness (QED) is 0.559. The van der Waals surface area contributed by atoms with E-state index < -0.39 is 0 Å². The summed E-state index contributed by atoms with van der Waals surface area (Å²) in [5.74, 6) is 0.994. The van der Waals surface area contributed by atoms with Crippen molar-refractivity contribution in [2.45, 2.75) is 25.1 Å². The summed E-state index contributed by atoms with van der Waals surface area (Å²) in [4.78, 5) is 0.205. The maximum absolute atomic E-state index is 5.95. The van der Waals surface area contributed by atoms with Crippen LogP contribution in [0.4, 0.5) is 0 Å². The molecular weight excluding hydrogens is 312 g/mol. The van der Waals surface area contributed by atoms with Crippen LogP contribution in [0.25, 0.3) is 11.0 Å². The van der Waals surface area contributed by atoms with Crippen LogP contribution in [0.5, 0.6) is 0 Å². The highest BCUT2D eigenvalue weighted by atomic mass is 79.9. The van der Waals surface area contributed by atoms with Crippen molar-refractivity contribution in [3.8, 4) is 0 Å². The number of benzene rings is 2. The van der Waals surface area contributed by atoms with Gasteiger partial charge < -0.3 is 4.42 Å². The summed E-state index contributed by atoms with van der Waals surface area (Å²) < 4.78 is 5.95. The zero-order chi connectivity index (χ0) is 14.1. The molecule has 102 valence electrons. The average Bonchev–Trinajstić information content (AvgIpc) is 2.84. The zero-order valence-corrected chi connectivity index (χ0v) is 13.3. The van der Waals surface area contributed by atoms with Crippen LogP contribution in [-0.2, 0) is 6.42 Å². The normalized spacial score (nSPS) is 12.8. The van der Waals surface area contributed by atoms with Gasteiger partial charge in [-0.1, -0.05) is 51.8 Å². The van der Waals surface area contributed by atoms with E-state index in [0.29, 0.717) is 0 Å². The smallest absolute Gasteiger partial charge is 0.134 e. The van der Waals surface area contributed by atoms with E-state index in [2.05, 4.69) is 72.2 Å². The Kier molecular flexibility index (Phi) is 3.66. The van der Waals surface area contributed by atoms with Gasteiger partial charge in [-0.2, -0.15) is 0 Å². The molecule has 0 saturated carbocycles. The van der Waals surface area contributed by atoms with Crippen molar-refractivity contribution < 1.29 is 4.42 Å². The fourth-order valence-electron chi connectivity index (χ4n) is 2.47. The van der Waals surface area contributed by atoms with E-state index >= 15 is 0 Å². The Morgan fingerprint density at radius 2 is 1.85 bits per heavy atom. The minimum Gasteiger partial charge on any atom is -0.460 e. The lowest BCUT2D eigenvalue weighted by Gasteiger charge is -2.09. The van der Waals surface area contributed by atoms with Crippen LogP contribution in [0.3, 0.4) is 0 Å². The zero-order valence-electron chi connectivity index (χ0n) is 11.7. The lowest BCUT2D eigenvalue weighted by molar-refractivity contribution is 0.545. The van der Waals surface area contributed by atoms with Crippen molar-refractivity contribution in [2.75, 3.05) is 0 Å².